The highest BCUT2D eigenvalue weighted by Crippen LogP contribution is 2.37. The van der Waals surface area contributed by atoms with Crippen molar-refractivity contribution in [3.63, 3.8) is 0 Å². The van der Waals surface area contributed by atoms with E-state index in [1.54, 1.807) is 20.8 Å². The molecule has 2 rings (SSSR count). The zero-order chi connectivity index (χ0) is 18.1. The quantitative estimate of drug-likeness (QED) is 0.578. The lowest BCUT2D eigenvalue weighted by atomic mass is 9.98. The van der Waals surface area contributed by atoms with Crippen molar-refractivity contribution >= 4 is 5.97 Å². The molecule has 0 spiro atoms. The lowest BCUT2D eigenvalue weighted by Crippen LogP contribution is -2.44. The normalized spacial score (nSPS) is 32.5. The fourth-order valence-electron chi connectivity index (χ4n) is 2.96. The summed E-state index contributed by atoms with van der Waals surface area (Å²) >= 11 is 0. The van der Waals surface area contributed by atoms with Crippen LogP contribution in [0.25, 0.3) is 0 Å². The second-order valence-corrected chi connectivity index (χ2v) is 7.03. The SMILES string of the molecule is C=C(C[C@@H](O)[C@H]1OC(C)(C)O[C@@H]1[C@H]1COC(C)(C)O1)C(=O)OCC. The van der Waals surface area contributed by atoms with Crippen LogP contribution in [0.3, 0.4) is 0 Å². The molecule has 1 N–H and O–H groups in total. The van der Waals surface area contributed by atoms with Crippen LogP contribution in [-0.2, 0) is 28.5 Å². The van der Waals surface area contributed by atoms with Crippen molar-refractivity contribution < 1.29 is 33.6 Å². The van der Waals surface area contributed by atoms with Gasteiger partial charge in [-0.3, -0.25) is 0 Å². The van der Waals surface area contributed by atoms with E-state index in [4.69, 9.17) is 23.7 Å². The van der Waals surface area contributed by atoms with Crippen LogP contribution in [0.5, 0.6) is 0 Å². The molecule has 0 aliphatic carbocycles. The molecule has 2 aliphatic heterocycles. The molecule has 0 aromatic rings. The van der Waals surface area contributed by atoms with E-state index in [1.165, 1.54) is 0 Å². The van der Waals surface area contributed by atoms with Gasteiger partial charge in [-0.2, -0.15) is 0 Å². The summed E-state index contributed by atoms with van der Waals surface area (Å²) in [5, 5.41) is 10.6. The summed E-state index contributed by atoms with van der Waals surface area (Å²) in [5.41, 5.74) is 0.195. The molecule has 138 valence electrons. The Kier molecular flexibility index (Phi) is 5.71. The van der Waals surface area contributed by atoms with E-state index >= 15 is 0 Å². The zero-order valence-electron chi connectivity index (χ0n) is 15.0. The van der Waals surface area contributed by atoms with Gasteiger partial charge in [0.15, 0.2) is 11.6 Å². The molecule has 2 aliphatic rings. The summed E-state index contributed by atoms with van der Waals surface area (Å²) in [5.74, 6) is -2.09. The first kappa shape index (κ1) is 19.3. The summed E-state index contributed by atoms with van der Waals surface area (Å²) in [6.45, 7) is 13.2. The van der Waals surface area contributed by atoms with Crippen molar-refractivity contribution in [3.8, 4) is 0 Å². The molecule has 0 aromatic heterocycles. The Morgan fingerprint density at radius 3 is 2.46 bits per heavy atom. The van der Waals surface area contributed by atoms with Crippen molar-refractivity contribution in [2.45, 2.75) is 77.0 Å². The third kappa shape index (κ3) is 4.55. The van der Waals surface area contributed by atoms with Gasteiger partial charge < -0.3 is 28.8 Å². The van der Waals surface area contributed by atoms with Crippen molar-refractivity contribution in [2.75, 3.05) is 13.2 Å². The minimum absolute atomic E-state index is 0.0381. The van der Waals surface area contributed by atoms with E-state index in [2.05, 4.69) is 6.58 Å². The first-order valence-corrected chi connectivity index (χ1v) is 8.25. The topological polar surface area (TPSA) is 83.5 Å². The van der Waals surface area contributed by atoms with Crippen molar-refractivity contribution in [2.24, 2.45) is 0 Å². The second kappa shape index (κ2) is 7.09. The molecule has 0 amide bonds. The predicted molar refractivity (Wildman–Crippen MR) is 85.1 cm³/mol. The molecule has 4 atom stereocenters. The summed E-state index contributed by atoms with van der Waals surface area (Å²) in [4.78, 5) is 11.7. The Labute approximate surface area is 142 Å². The maximum Gasteiger partial charge on any atom is 0.333 e. The van der Waals surface area contributed by atoms with Gasteiger partial charge in [-0.25, -0.2) is 4.79 Å². The van der Waals surface area contributed by atoms with Crippen molar-refractivity contribution in [3.05, 3.63) is 12.2 Å². The predicted octanol–water partition coefficient (Wildman–Crippen LogP) is 1.53. The fourth-order valence-corrected chi connectivity index (χ4v) is 2.96. The molecule has 0 unspecified atom stereocenters. The summed E-state index contributed by atoms with van der Waals surface area (Å²) < 4.78 is 28.1. The van der Waals surface area contributed by atoms with Gasteiger partial charge in [-0.15, -0.1) is 0 Å². The lowest BCUT2D eigenvalue weighted by Gasteiger charge is -2.26. The first-order chi connectivity index (χ1) is 11.0. The van der Waals surface area contributed by atoms with E-state index in [9.17, 15) is 9.90 Å². The molecule has 0 saturated carbocycles. The molecule has 2 saturated heterocycles. The molecule has 7 nitrogen and oxygen atoms in total. The Hall–Kier alpha value is -0.990. The second-order valence-electron chi connectivity index (χ2n) is 7.03. The number of carbonyl (C=O) groups excluding carboxylic acids is 1. The monoisotopic (exact) mass is 344 g/mol. The minimum Gasteiger partial charge on any atom is -0.463 e. The van der Waals surface area contributed by atoms with Crippen LogP contribution < -0.4 is 0 Å². The number of rotatable bonds is 6. The number of aliphatic hydroxyl groups excluding tert-OH is 1. The van der Waals surface area contributed by atoms with Crippen LogP contribution in [0, 0.1) is 0 Å². The summed E-state index contributed by atoms with van der Waals surface area (Å²) in [7, 11) is 0. The van der Waals surface area contributed by atoms with Gasteiger partial charge in [0.1, 0.15) is 18.3 Å². The third-order valence-corrected chi connectivity index (χ3v) is 3.96. The van der Waals surface area contributed by atoms with E-state index in [-0.39, 0.29) is 24.7 Å². The molecule has 2 fully saturated rings. The van der Waals surface area contributed by atoms with Crippen molar-refractivity contribution in [1.29, 1.82) is 0 Å². The number of aliphatic hydroxyl groups is 1. The highest BCUT2D eigenvalue weighted by atomic mass is 16.8. The van der Waals surface area contributed by atoms with Gasteiger partial charge in [-0.05, 0) is 34.6 Å². The van der Waals surface area contributed by atoms with E-state index in [0.29, 0.717) is 6.61 Å². The maximum absolute atomic E-state index is 11.7. The average molecular weight is 344 g/mol. The Morgan fingerprint density at radius 1 is 1.25 bits per heavy atom. The number of hydrogen-bond donors (Lipinski definition) is 1. The molecular formula is C17H28O7. The first-order valence-electron chi connectivity index (χ1n) is 8.25. The van der Waals surface area contributed by atoms with Gasteiger partial charge in [-0.1, -0.05) is 6.58 Å². The third-order valence-electron chi connectivity index (χ3n) is 3.96. The van der Waals surface area contributed by atoms with Crippen LogP contribution in [0.15, 0.2) is 12.2 Å². The smallest absolute Gasteiger partial charge is 0.333 e. The molecule has 2 heterocycles. The van der Waals surface area contributed by atoms with E-state index < -0.39 is 35.9 Å². The Morgan fingerprint density at radius 2 is 1.92 bits per heavy atom. The molecule has 24 heavy (non-hydrogen) atoms. The number of ether oxygens (including phenoxy) is 5. The zero-order valence-corrected chi connectivity index (χ0v) is 15.0. The van der Waals surface area contributed by atoms with E-state index in [0.717, 1.165) is 0 Å². The fraction of sp³-hybridized carbons (Fsp3) is 0.824. The number of carbonyl (C=O) groups is 1. The summed E-state index contributed by atoms with van der Waals surface area (Å²) in [6, 6.07) is 0. The van der Waals surface area contributed by atoms with Crippen molar-refractivity contribution in [1.82, 2.24) is 0 Å². The molecule has 7 heteroatoms. The standard InChI is InChI=1S/C17H28O7/c1-7-20-15(19)10(2)8-11(18)13-14(24-17(5,6)23-13)12-9-21-16(3,4)22-12/h11-14,18H,2,7-9H2,1,3-6H3/t11-,12-,13-,14-/m1/s1. The van der Waals surface area contributed by atoms with Gasteiger partial charge in [0, 0.05) is 12.0 Å². The van der Waals surface area contributed by atoms with Gasteiger partial charge in [0.2, 0.25) is 0 Å². The average Bonchev–Trinajstić information content (AvgIpc) is 2.98. The molecule has 0 radical (unpaired) electrons. The van der Waals surface area contributed by atoms with Gasteiger partial charge in [0.25, 0.3) is 0 Å². The van der Waals surface area contributed by atoms with Crippen LogP contribution >= 0.6 is 0 Å². The minimum atomic E-state index is -0.971. The van der Waals surface area contributed by atoms with Crippen LogP contribution in [0.1, 0.15) is 41.0 Å². The largest absolute Gasteiger partial charge is 0.463 e. The number of hydrogen-bond acceptors (Lipinski definition) is 7. The molecule has 0 bridgehead atoms. The molecule has 0 aromatic carbocycles. The van der Waals surface area contributed by atoms with Crippen LogP contribution in [0.4, 0.5) is 0 Å². The Bertz CT molecular complexity index is 485. The highest BCUT2D eigenvalue weighted by molar-refractivity contribution is 5.87. The maximum atomic E-state index is 11.7. The van der Waals surface area contributed by atoms with Crippen LogP contribution in [-0.4, -0.2) is 60.3 Å². The van der Waals surface area contributed by atoms with Gasteiger partial charge in [0.05, 0.1) is 19.3 Å². The van der Waals surface area contributed by atoms with Gasteiger partial charge >= 0.3 is 5.97 Å². The van der Waals surface area contributed by atoms with Crippen LogP contribution in [0.2, 0.25) is 0 Å². The Balaban J connectivity index is 2.05. The molecular weight excluding hydrogens is 316 g/mol. The number of esters is 1. The highest BCUT2D eigenvalue weighted by Gasteiger charge is 2.52. The van der Waals surface area contributed by atoms with E-state index in [1.807, 2.05) is 13.8 Å². The summed E-state index contributed by atoms with van der Waals surface area (Å²) in [6.07, 6.45) is -2.46. The lowest BCUT2D eigenvalue weighted by molar-refractivity contribution is -0.175.